The van der Waals surface area contributed by atoms with Gasteiger partial charge in [-0.3, -0.25) is 13.9 Å². The molecule has 3 rings (SSSR count). The minimum Gasteiger partial charge on any atom is -0.494 e. The molecule has 0 unspecified atom stereocenters. The van der Waals surface area contributed by atoms with Crippen LogP contribution in [0.2, 0.25) is 0 Å². The Kier molecular flexibility index (Phi) is 10.7. The molecule has 0 saturated carbocycles. The largest absolute Gasteiger partial charge is 0.494 e. The van der Waals surface area contributed by atoms with Gasteiger partial charge in [0, 0.05) is 13.1 Å². The second kappa shape index (κ2) is 13.9. The molecule has 3 aromatic carbocycles. The highest BCUT2D eigenvalue weighted by atomic mass is 32.2. The van der Waals surface area contributed by atoms with Crippen LogP contribution >= 0.6 is 0 Å². The molecule has 0 radical (unpaired) electrons. The van der Waals surface area contributed by atoms with Crippen molar-refractivity contribution < 1.29 is 27.1 Å². The molecule has 0 spiro atoms. The topological polar surface area (TPSA) is 96.0 Å². The van der Waals surface area contributed by atoms with E-state index < -0.39 is 34.3 Å². The summed E-state index contributed by atoms with van der Waals surface area (Å²) in [5.41, 5.74) is 1.91. The number of ether oxygens (including phenoxy) is 1. The molecule has 1 atom stereocenters. The zero-order valence-corrected chi connectivity index (χ0v) is 24.1. The van der Waals surface area contributed by atoms with Crippen molar-refractivity contribution in [3.8, 4) is 5.75 Å². The lowest BCUT2D eigenvalue weighted by molar-refractivity contribution is -0.140. The average Bonchev–Trinajstić information content (AvgIpc) is 2.93. The van der Waals surface area contributed by atoms with Gasteiger partial charge >= 0.3 is 0 Å². The molecular weight excluding hydrogens is 533 g/mol. The third kappa shape index (κ3) is 7.59. The predicted octanol–water partition coefficient (Wildman–Crippen LogP) is 4.67. The second-order valence-corrected chi connectivity index (χ2v) is 11.1. The monoisotopic (exact) mass is 569 g/mol. The fourth-order valence-corrected chi connectivity index (χ4v) is 5.77. The Morgan fingerprint density at radius 2 is 1.65 bits per heavy atom. The molecule has 0 saturated heterocycles. The number of sulfonamides is 1. The first-order valence-corrected chi connectivity index (χ1v) is 14.7. The van der Waals surface area contributed by atoms with Crippen LogP contribution in [-0.2, 0) is 26.2 Å². The van der Waals surface area contributed by atoms with E-state index in [0.717, 1.165) is 27.6 Å². The summed E-state index contributed by atoms with van der Waals surface area (Å²) in [6, 6.07) is 17.5. The van der Waals surface area contributed by atoms with E-state index in [9.17, 15) is 22.4 Å². The third-order valence-corrected chi connectivity index (χ3v) is 8.08. The molecule has 8 nitrogen and oxygen atoms in total. The fraction of sp³-hybridized carbons (Fsp3) is 0.333. The van der Waals surface area contributed by atoms with Gasteiger partial charge in [0.25, 0.3) is 10.0 Å². The van der Waals surface area contributed by atoms with Crippen molar-refractivity contribution in [3.63, 3.8) is 0 Å². The molecule has 0 heterocycles. The third-order valence-electron chi connectivity index (χ3n) is 6.29. The molecule has 0 aromatic heterocycles. The van der Waals surface area contributed by atoms with E-state index in [1.807, 2.05) is 38.1 Å². The Bertz CT molecular complexity index is 1400. The van der Waals surface area contributed by atoms with Crippen molar-refractivity contribution in [2.45, 2.75) is 51.6 Å². The first-order chi connectivity index (χ1) is 19.1. The van der Waals surface area contributed by atoms with Crippen LogP contribution in [0, 0.1) is 12.7 Å². The van der Waals surface area contributed by atoms with Gasteiger partial charge in [0.2, 0.25) is 11.8 Å². The lowest BCUT2D eigenvalue weighted by Crippen LogP contribution is -2.52. The van der Waals surface area contributed by atoms with Gasteiger partial charge in [0.05, 0.1) is 17.2 Å². The normalized spacial score (nSPS) is 11.9. The fourth-order valence-electron chi connectivity index (χ4n) is 4.36. The van der Waals surface area contributed by atoms with Gasteiger partial charge in [-0.1, -0.05) is 36.8 Å². The molecule has 0 bridgehead atoms. The van der Waals surface area contributed by atoms with Gasteiger partial charge in [-0.25, -0.2) is 12.8 Å². The van der Waals surface area contributed by atoms with Crippen LogP contribution in [0.25, 0.3) is 0 Å². The van der Waals surface area contributed by atoms with Crippen LogP contribution in [0.4, 0.5) is 10.1 Å². The number of halogens is 1. The van der Waals surface area contributed by atoms with Crippen LogP contribution in [0.1, 0.15) is 38.3 Å². The van der Waals surface area contributed by atoms with Crippen LogP contribution < -0.4 is 14.4 Å². The number of likely N-dealkylation sites (N-methyl/N-ethyl adjacent to an activating group) is 1. The highest BCUT2D eigenvalue weighted by Crippen LogP contribution is 2.26. The SMILES string of the molecule is CCNC(=O)[C@H](CC)N(Cc1cccc(C)c1)C(=O)CN(c1ccc(F)cc1)S(=O)(=O)c1ccc(OCC)cc1. The number of carbonyl (C=O) groups is 2. The van der Waals surface area contributed by atoms with Crippen LogP contribution in [0.5, 0.6) is 5.75 Å². The smallest absolute Gasteiger partial charge is 0.264 e. The standard InChI is InChI=1S/C30H36FN3O5S/c1-5-28(30(36)32-6-2)33(20-23-10-8-9-22(4)19-23)29(35)21-34(25-13-11-24(31)12-14-25)40(37,38)27-17-15-26(16-18-27)39-7-3/h8-19,28H,5-7,20-21H2,1-4H3,(H,32,36)/t28-/m0/s1. The maximum Gasteiger partial charge on any atom is 0.264 e. The highest BCUT2D eigenvalue weighted by molar-refractivity contribution is 7.92. The summed E-state index contributed by atoms with van der Waals surface area (Å²) < 4.78 is 47.9. The van der Waals surface area contributed by atoms with Gasteiger partial charge in [0.1, 0.15) is 24.2 Å². The van der Waals surface area contributed by atoms with Gasteiger partial charge in [0.15, 0.2) is 0 Å². The molecule has 0 aliphatic heterocycles. The molecule has 1 N–H and O–H groups in total. The van der Waals surface area contributed by atoms with Crippen LogP contribution in [-0.4, -0.2) is 50.9 Å². The van der Waals surface area contributed by atoms with Crippen molar-refractivity contribution in [2.24, 2.45) is 0 Å². The lowest BCUT2D eigenvalue weighted by atomic mass is 10.1. The number of hydrogen-bond donors (Lipinski definition) is 1. The quantitative estimate of drug-likeness (QED) is 0.323. The van der Waals surface area contributed by atoms with Crippen molar-refractivity contribution in [1.29, 1.82) is 0 Å². The number of carbonyl (C=O) groups excluding carboxylic acids is 2. The Morgan fingerprint density at radius 3 is 2.23 bits per heavy atom. The summed E-state index contributed by atoms with van der Waals surface area (Å²) in [5.74, 6) is -0.938. The van der Waals surface area contributed by atoms with Crippen molar-refractivity contribution in [3.05, 3.63) is 89.7 Å². The van der Waals surface area contributed by atoms with Crippen molar-refractivity contribution in [2.75, 3.05) is 24.0 Å². The highest BCUT2D eigenvalue weighted by Gasteiger charge is 2.33. The minimum atomic E-state index is -4.26. The van der Waals surface area contributed by atoms with Crippen molar-refractivity contribution in [1.82, 2.24) is 10.2 Å². The Labute approximate surface area is 235 Å². The molecule has 3 aromatic rings. The number of amides is 2. The molecule has 0 aliphatic carbocycles. The first-order valence-electron chi connectivity index (χ1n) is 13.2. The molecular formula is C30H36FN3O5S. The molecule has 40 heavy (non-hydrogen) atoms. The molecule has 10 heteroatoms. The number of nitrogens with one attached hydrogen (secondary N) is 1. The predicted molar refractivity (Wildman–Crippen MR) is 153 cm³/mol. The molecule has 0 aliphatic rings. The Balaban J connectivity index is 2.04. The van der Waals surface area contributed by atoms with E-state index >= 15 is 0 Å². The summed E-state index contributed by atoms with van der Waals surface area (Å²) in [6.45, 7) is 7.65. The summed E-state index contributed by atoms with van der Waals surface area (Å²) >= 11 is 0. The average molecular weight is 570 g/mol. The van der Waals surface area contributed by atoms with E-state index in [4.69, 9.17) is 4.74 Å². The number of hydrogen-bond acceptors (Lipinski definition) is 5. The number of benzene rings is 3. The van der Waals surface area contributed by atoms with Gasteiger partial charge in [-0.15, -0.1) is 0 Å². The summed E-state index contributed by atoms with van der Waals surface area (Å²) in [6.07, 6.45) is 0.325. The first kappa shape index (κ1) is 30.6. The van der Waals surface area contributed by atoms with Crippen LogP contribution in [0.3, 0.4) is 0 Å². The molecule has 0 fully saturated rings. The zero-order chi connectivity index (χ0) is 29.3. The molecule has 214 valence electrons. The van der Waals surface area contributed by atoms with Gasteiger partial charge in [-0.2, -0.15) is 0 Å². The number of rotatable bonds is 13. The van der Waals surface area contributed by atoms with E-state index in [-0.39, 0.29) is 23.0 Å². The molecule has 2 amide bonds. The summed E-state index contributed by atoms with van der Waals surface area (Å²) in [7, 11) is -4.26. The van der Waals surface area contributed by atoms with Crippen LogP contribution in [0.15, 0.2) is 77.7 Å². The van der Waals surface area contributed by atoms with Crippen molar-refractivity contribution >= 4 is 27.5 Å². The van der Waals surface area contributed by atoms with E-state index in [1.165, 1.54) is 41.3 Å². The maximum atomic E-state index is 14.0. The number of anilines is 1. The number of nitrogens with zero attached hydrogens (tertiary/aromatic N) is 2. The Morgan fingerprint density at radius 1 is 0.975 bits per heavy atom. The van der Waals surface area contributed by atoms with E-state index in [0.29, 0.717) is 25.3 Å². The second-order valence-electron chi connectivity index (χ2n) is 9.22. The lowest BCUT2D eigenvalue weighted by Gasteiger charge is -2.33. The minimum absolute atomic E-state index is 0.0610. The van der Waals surface area contributed by atoms with E-state index in [2.05, 4.69) is 5.32 Å². The summed E-state index contributed by atoms with van der Waals surface area (Å²) in [4.78, 5) is 28.3. The maximum absolute atomic E-state index is 14.0. The van der Waals surface area contributed by atoms with Gasteiger partial charge < -0.3 is 15.0 Å². The number of aryl methyl sites for hydroxylation is 1. The Hall–Kier alpha value is -3.92. The van der Waals surface area contributed by atoms with Gasteiger partial charge in [-0.05, 0) is 81.3 Å². The summed E-state index contributed by atoms with van der Waals surface area (Å²) in [5, 5.41) is 2.77. The zero-order valence-electron chi connectivity index (χ0n) is 23.3. The van der Waals surface area contributed by atoms with E-state index in [1.54, 1.807) is 13.8 Å².